The minimum Gasteiger partial charge on any atom is -0.481 e. The highest BCUT2D eigenvalue weighted by Gasteiger charge is 2.24. The van der Waals surface area contributed by atoms with Crippen LogP contribution in [0.2, 0.25) is 0 Å². The maximum absolute atomic E-state index is 11.0. The molecule has 0 saturated heterocycles. The summed E-state index contributed by atoms with van der Waals surface area (Å²) in [4.78, 5) is 11.0. The molecule has 0 unspecified atom stereocenters. The van der Waals surface area contributed by atoms with E-state index in [-0.39, 0.29) is 6.42 Å². The standard InChI is InChI=1S/C21H24O2/c1-2-3-7-15(12-13-21(22)23)17-10-6-11-19-18-9-5-4-8-16(18)14-20(17)19/h4-6,8-11,15H,2-3,7,12-14H2,1H3,(H,22,23)/t15-/m1/s1. The molecular formula is C21H24O2. The van der Waals surface area contributed by atoms with Gasteiger partial charge in [-0.1, -0.05) is 62.2 Å². The number of benzene rings is 2. The van der Waals surface area contributed by atoms with Crippen LogP contribution in [0.3, 0.4) is 0 Å². The van der Waals surface area contributed by atoms with Gasteiger partial charge in [0, 0.05) is 6.42 Å². The fourth-order valence-corrected chi connectivity index (χ4v) is 3.77. The maximum Gasteiger partial charge on any atom is 0.303 e. The number of aliphatic carboxylic acids is 1. The summed E-state index contributed by atoms with van der Waals surface area (Å²) in [5.41, 5.74) is 6.86. The fraction of sp³-hybridized carbons (Fsp3) is 0.381. The highest BCUT2D eigenvalue weighted by molar-refractivity contribution is 5.78. The van der Waals surface area contributed by atoms with Gasteiger partial charge in [0.25, 0.3) is 0 Å². The average molecular weight is 308 g/mol. The Bertz CT molecular complexity index is 703. The van der Waals surface area contributed by atoms with Crippen molar-refractivity contribution in [2.24, 2.45) is 0 Å². The average Bonchev–Trinajstić information content (AvgIpc) is 2.94. The van der Waals surface area contributed by atoms with Crippen molar-refractivity contribution in [1.29, 1.82) is 0 Å². The molecule has 0 spiro atoms. The molecule has 0 saturated carbocycles. The number of hydrogen-bond donors (Lipinski definition) is 1. The Morgan fingerprint density at radius 2 is 1.87 bits per heavy atom. The van der Waals surface area contributed by atoms with Crippen molar-refractivity contribution < 1.29 is 9.90 Å². The molecule has 0 heterocycles. The first-order valence-corrected chi connectivity index (χ1v) is 8.62. The van der Waals surface area contributed by atoms with Crippen molar-refractivity contribution in [3.05, 3.63) is 59.2 Å². The number of carbonyl (C=O) groups is 1. The zero-order valence-electron chi connectivity index (χ0n) is 13.7. The van der Waals surface area contributed by atoms with E-state index in [1.807, 2.05) is 0 Å². The van der Waals surface area contributed by atoms with Crippen LogP contribution < -0.4 is 0 Å². The number of unbranched alkanes of at least 4 members (excludes halogenated alkanes) is 1. The molecule has 0 aliphatic heterocycles. The molecule has 0 bridgehead atoms. The first-order chi connectivity index (χ1) is 11.2. The molecule has 0 fully saturated rings. The molecule has 120 valence electrons. The molecule has 2 aromatic rings. The second-order valence-corrected chi connectivity index (χ2v) is 6.48. The van der Waals surface area contributed by atoms with Gasteiger partial charge in [-0.2, -0.15) is 0 Å². The molecule has 1 atom stereocenters. The third-order valence-corrected chi connectivity index (χ3v) is 4.94. The van der Waals surface area contributed by atoms with Crippen molar-refractivity contribution in [2.45, 2.75) is 51.4 Å². The Kier molecular flexibility index (Phi) is 4.80. The van der Waals surface area contributed by atoms with E-state index in [0.29, 0.717) is 5.92 Å². The lowest BCUT2D eigenvalue weighted by atomic mass is 9.85. The monoisotopic (exact) mass is 308 g/mol. The lowest BCUT2D eigenvalue weighted by Gasteiger charge is -2.20. The molecule has 2 aromatic carbocycles. The van der Waals surface area contributed by atoms with Gasteiger partial charge in [-0.05, 0) is 53.0 Å². The number of fused-ring (bicyclic) bond motifs is 3. The topological polar surface area (TPSA) is 37.3 Å². The van der Waals surface area contributed by atoms with E-state index >= 15 is 0 Å². The molecular weight excluding hydrogens is 284 g/mol. The minimum absolute atomic E-state index is 0.255. The fourth-order valence-electron chi connectivity index (χ4n) is 3.77. The number of hydrogen-bond acceptors (Lipinski definition) is 1. The first kappa shape index (κ1) is 15.8. The Morgan fingerprint density at radius 3 is 2.65 bits per heavy atom. The van der Waals surface area contributed by atoms with Crippen LogP contribution in [0.15, 0.2) is 42.5 Å². The molecule has 3 rings (SSSR count). The van der Waals surface area contributed by atoms with Gasteiger partial charge in [0.15, 0.2) is 0 Å². The van der Waals surface area contributed by atoms with Crippen molar-refractivity contribution in [2.75, 3.05) is 0 Å². The van der Waals surface area contributed by atoms with Gasteiger partial charge < -0.3 is 5.11 Å². The molecule has 0 aromatic heterocycles. The smallest absolute Gasteiger partial charge is 0.303 e. The van der Waals surface area contributed by atoms with E-state index in [1.165, 1.54) is 27.8 Å². The highest BCUT2D eigenvalue weighted by atomic mass is 16.4. The van der Waals surface area contributed by atoms with Crippen LogP contribution in [0.5, 0.6) is 0 Å². The molecule has 1 aliphatic rings. The Balaban J connectivity index is 1.93. The molecule has 1 N–H and O–H groups in total. The van der Waals surface area contributed by atoms with Gasteiger partial charge in [-0.25, -0.2) is 0 Å². The van der Waals surface area contributed by atoms with E-state index < -0.39 is 5.97 Å². The van der Waals surface area contributed by atoms with Crippen LogP contribution in [0.1, 0.15) is 61.6 Å². The summed E-state index contributed by atoms with van der Waals surface area (Å²) in [7, 11) is 0. The maximum atomic E-state index is 11.0. The van der Waals surface area contributed by atoms with Crippen LogP contribution in [0.4, 0.5) is 0 Å². The van der Waals surface area contributed by atoms with Crippen LogP contribution in [0.25, 0.3) is 11.1 Å². The predicted molar refractivity (Wildman–Crippen MR) is 93.8 cm³/mol. The molecule has 0 amide bonds. The third-order valence-electron chi connectivity index (χ3n) is 4.94. The van der Waals surface area contributed by atoms with Gasteiger partial charge in [0.05, 0.1) is 0 Å². The Morgan fingerprint density at radius 1 is 1.09 bits per heavy atom. The lowest BCUT2D eigenvalue weighted by molar-refractivity contribution is -0.137. The van der Waals surface area contributed by atoms with Gasteiger partial charge in [-0.3, -0.25) is 4.79 Å². The molecule has 0 radical (unpaired) electrons. The van der Waals surface area contributed by atoms with Crippen molar-refractivity contribution in [1.82, 2.24) is 0 Å². The second-order valence-electron chi connectivity index (χ2n) is 6.48. The van der Waals surface area contributed by atoms with E-state index in [0.717, 1.165) is 32.1 Å². The quantitative estimate of drug-likeness (QED) is 0.635. The summed E-state index contributed by atoms with van der Waals surface area (Å²) < 4.78 is 0. The number of carboxylic acid groups (broad SMARTS) is 1. The molecule has 2 nitrogen and oxygen atoms in total. The summed E-state index contributed by atoms with van der Waals surface area (Å²) >= 11 is 0. The van der Waals surface area contributed by atoms with E-state index in [4.69, 9.17) is 5.11 Å². The molecule has 23 heavy (non-hydrogen) atoms. The summed E-state index contributed by atoms with van der Waals surface area (Å²) in [5.74, 6) is -0.335. The number of carboxylic acids is 1. The van der Waals surface area contributed by atoms with Crippen molar-refractivity contribution in [3.63, 3.8) is 0 Å². The van der Waals surface area contributed by atoms with Crippen molar-refractivity contribution >= 4 is 5.97 Å². The van der Waals surface area contributed by atoms with E-state index in [1.54, 1.807) is 0 Å². The largest absolute Gasteiger partial charge is 0.481 e. The minimum atomic E-state index is -0.692. The van der Waals surface area contributed by atoms with Crippen LogP contribution in [-0.2, 0) is 11.2 Å². The lowest BCUT2D eigenvalue weighted by Crippen LogP contribution is -2.06. The zero-order chi connectivity index (χ0) is 16.2. The highest BCUT2D eigenvalue weighted by Crippen LogP contribution is 2.42. The van der Waals surface area contributed by atoms with Crippen LogP contribution >= 0.6 is 0 Å². The molecule has 1 aliphatic carbocycles. The first-order valence-electron chi connectivity index (χ1n) is 8.62. The summed E-state index contributed by atoms with van der Waals surface area (Å²) in [6.07, 6.45) is 5.36. The predicted octanol–water partition coefficient (Wildman–Crippen LogP) is 5.40. The van der Waals surface area contributed by atoms with E-state index in [2.05, 4.69) is 49.4 Å². The van der Waals surface area contributed by atoms with E-state index in [9.17, 15) is 4.79 Å². The third kappa shape index (κ3) is 3.31. The summed E-state index contributed by atoms with van der Waals surface area (Å²) in [5, 5.41) is 9.07. The summed E-state index contributed by atoms with van der Waals surface area (Å²) in [6.45, 7) is 2.19. The van der Waals surface area contributed by atoms with Crippen molar-refractivity contribution in [3.8, 4) is 11.1 Å². The normalized spacial score (nSPS) is 13.4. The van der Waals surface area contributed by atoms with Gasteiger partial charge in [0.2, 0.25) is 0 Å². The summed E-state index contributed by atoms with van der Waals surface area (Å²) in [6, 6.07) is 15.2. The van der Waals surface area contributed by atoms with Crippen LogP contribution in [-0.4, -0.2) is 11.1 Å². The van der Waals surface area contributed by atoms with Gasteiger partial charge in [0.1, 0.15) is 0 Å². The Labute approximate surface area is 138 Å². The number of rotatable bonds is 7. The van der Waals surface area contributed by atoms with Gasteiger partial charge in [-0.15, -0.1) is 0 Å². The van der Waals surface area contributed by atoms with Crippen LogP contribution in [0, 0.1) is 0 Å². The van der Waals surface area contributed by atoms with Gasteiger partial charge >= 0.3 is 5.97 Å². The zero-order valence-corrected chi connectivity index (χ0v) is 13.7. The second kappa shape index (κ2) is 6.99. The Hall–Kier alpha value is -2.09. The SMILES string of the molecule is CCCC[C@H](CCC(=O)O)c1cccc2c1Cc1ccccc1-2. The molecule has 2 heteroatoms.